The predicted molar refractivity (Wildman–Crippen MR) is 112 cm³/mol. The Bertz CT molecular complexity index is 1050. The summed E-state index contributed by atoms with van der Waals surface area (Å²) in [4.78, 5) is 14.8. The van der Waals surface area contributed by atoms with Gasteiger partial charge in [-0.25, -0.2) is 4.39 Å². The topological polar surface area (TPSA) is 71.5 Å². The van der Waals surface area contributed by atoms with Gasteiger partial charge < -0.3 is 19.6 Å². The van der Waals surface area contributed by atoms with Crippen LogP contribution in [0, 0.1) is 5.82 Å². The van der Waals surface area contributed by atoms with Crippen molar-refractivity contribution in [1.29, 1.82) is 0 Å². The van der Waals surface area contributed by atoms with Crippen LogP contribution in [0.15, 0.2) is 42.5 Å². The minimum atomic E-state index is -0.913. The molecule has 0 saturated carbocycles. The van der Waals surface area contributed by atoms with Crippen LogP contribution in [-0.4, -0.2) is 29.3 Å². The Morgan fingerprint density at radius 2 is 2.07 bits per heavy atom. The maximum absolute atomic E-state index is 14.7. The predicted octanol–water partition coefficient (Wildman–Crippen LogP) is 4.72. The van der Waals surface area contributed by atoms with Gasteiger partial charge in [-0.3, -0.25) is 4.79 Å². The van der Waals surface area contributed by atoms with Crippen LogP contribution in [0.25, 0.3) is 10.9 Å². The van der Waals surface area contributed by atoms with Crippen LogP contribution < -0.4 is 0 Å². The second-order valence-electron chi connectivity index (χ2n) is 7.73. The summed E-state index contributed by atoms with van der Waals surface area (Å²) in [6.45, 7) is 3.24. The van der Waals surface area contributed by atoms with Crippen LogP contribution in [0.5, 0.6) is 0 Å². The quantitative estimate of drug-likeness (QED) is 0.526. The highest BCUT2D eigenvalue weighted by Gasteiger charge is 2.41. The van der Waals surface area contributed by atoms with Gasteiger partial charge in [0, 0.05) is 17.4 Å². The van der Waals surface area contributed by atoms with Gasteiger partial charge in [0.25, 0.3) is 0 Å². The van der Waals surface area contributed by atoms with Crippen molar-refractivity contribution < 1.29 is 23.8 Å². The third-order valence-corrected chi connectivity index (χ3v) is 5.93. The number of aromatic amines is 1. The molecule has 4 rings (SSSR count). The molecule has 0 radical (unpaired) electrons. The first kappa shape index (κ1) is 20.6. The molecular weight excluding hydrogens is 385 g/mol. The van der Waals surface area contributed by atoms with Gasteiger partial charge in [-0.15, -0.1) is 0 Å². The summed E-state index contributed by atoms with van der Waals surface area (Å²) >= 11 is 0. The van der Waals surface area contributed by atoms with Gasteiger partial charge in [0.05, 0.1) is 37.5 Å². The molecule has 158 valence electrons. The van der Waals surface area contributed by atoms with Gasteiger partial charge in [-0.1, -0.05) is 37.3 Å². The van der Waals surface area contributed by atoms with Gasteiger partial charge in [-0.2, -0.15) is 0 Å². The highest BCUT2D eigenvalue weighted by atomic mass is 19.1. The van der Waals surface area contributed by atoms with E-state index in [4.69, 9.17) is 9.47 Å². The molecule has 3 aromatic rings. The number of fused-ring (bicyclic) bond motifs is 3. The summed E-state index contributed by atoms with van der Waals surface area (Å²) in [5, 5.41) is 10.4. The summed E-state index contributed by atoms with van der Waals surface area (Å²) in [7, 11) is 0. The van der Waals surface area contributed by atoms with E-state index in [1.807, 2.05) is 37.3 Å². The molecule has 1 aliphatic heterocycles. The first-order chi connectivity index (χ1) is 14.5. The number of carbonyl (C=O) groups is 1. The van der Waals surface area contributed by atoms with E-state index >= 15 is 0 Å². The number of nitrogens with one attached hydrogen (secondary N) is 1. The fourth-order valence-electron chi connectivity index (χ4n) is 4.39. The van der Waals surface area contributed by atoms with Crippen LogP contribution in [0.2, 0.25) is 0 Å². The SMILES string of the molecule is CCC1(CC(=O)O)OCCc2c1[nH]c1c(CCOCc3ccccc3)c(F)ccc21. The number of H-pyrrole nitrogens is 1. The molecule has 0 saturated heterocycles. The summed E-state index contributed by atoms with van der Waals surface area (Å²) < 4.78 is 26.4. The lowest BCUT2D eigenvalue weighted by Crippen LogP contribution is -2.37. The molecule has 0 amide bonds. The lowest BCUT2D eigenvalue weighted by atomic mass is 9.86. The summed E-state index contributed by atoms with van der Waals surface area (Å²) in [5.74, 6) is -1.20. The van der Waals surface area contributed by atoms with Gasteiger partial charge in [0.1, 0.15) is 11.4 Å². The van der Waals surface area contributed by atoms with E-state index in [0.29, 0.717) is 44.6 Å². The fourth-order valence-corrected chi connectivity index (χ4v) is 4.39. The highest BCUT2D eigenvalue weighted by Crippen LogP contribution is 2.42. The molecular formula is C24H26FNO4. The molecule has 0 fully saturated rings. The Morgan fingerprint density at radius 3 is 2.80 bits per heavy atom. The number of hydrogen-bond acceptors (Lipinski definition) is 3. The zero-order valence-electron chi connectivity index (χ0n) is 17.0. The van der Waals surface area contributed by atoms with Gasteiger partial charge in [0.15, 0.2) is 0 Å². The molecule has 0 spiro atoms. The normalized spacial score (nSPS) is 18.5. The molecule has 2 aromatic carbocycles. The van der Waals surface area contributed by atoms with E-state index in [-0.39, 0.29) is 12.2 Å². The van der Waals surface area contributed by atoms with Crippen molar-refractivity contribution in [3.05, 3.63) is 70.7 Å². The molecule has 30 heavy (non-hydrogen) atoms. The molecule has 5 nitrogen and oxygen atoms in total. The van der Waals surface area contributed by atoms with Gasteiger partial charge in [0.2, 0.25) is 0 Å². The van der Waals surface area contributed by atoms with E-state index in [0.717, 1.165) is 27.7 Å². The third kappa shape index (κ3) is 3.85. The molecule has 2 N–H and O–H groups in total. The van der Waals surface area contributed by atoms with Crippen LogP contribution in [0.1, 0.15) is 42.1 Å². The second kappa shape index (κ2) is 8.58. The van der Waals surface area contributed by atoms with Crippen molar-refractivity contribution in [3.63, 3.8) is 0 Å². The minimum Gasteiger partial charge on any atom is -0.481 e. The smallest absolute Gasteiger partial charge is 0.306 e. The van der Waals surface area contributed by atoms with Crippen molar-refractivity contribution in [2.75, 3.05) is 13.2 Å². The van der Waals surface area contributed by atoms with Crippen molar-refractivity contribution in [3.8, 4) is 0 Å². The zero-order valence-corrected chi connectivity index (χ0v) is 17.0. The summed E-state index contributed by atoms with van der Waals surface area (Å²) in [6.07, 6.45) is 1.50. The first-order valence-electron chi connectivity index (χ1n) is 10.3. The average Bonchev–Trinajstić information content (AvgIpc) is 3.13. The molecule has 1 aromatic heterocycles. The van der Waals surface area contributed by atoms with E-state index in [9.17, 15) is 14.3 Å². The standard InChI is InChI=1S/C24H26FNO4/c1-2-24(14-21(27)28)23-18(11-13-30-24)17-8-9-20(25)19(22(17)26-23)10-12-29-15-16-6-4-3-5-7-16/h3-9,26H,2,10-15H2,1H3,(H,27,28). The number of benzene rings is 2. The van der Waals surface area contributed by atoms with E-state index < -0.39 is 11.6 Å². The summed E-state index contributed by atoms with van der Waals surface area (Å²) in [6, 6.07) is 13.1. The summed E-state index contributed by atoms with van der Waals surface area (Å²) in [5.41, 5.74) is 3.25. The van der Waals surface area contributed by atoms with E-state index in [2.05, 4.69) is 4.98 Å². The van der Waals surface area contributed by atoms with Crippen molar-refractivity contribution in [2.24, 2.45) is 0 Å². The molecule has 0 aliphatic carbocycles. The van der Waals surface area contributed by atoms with Crippen LogP contribution in [0.4, 0.5) is 4.39 Å². The number of ether oxygens (including phenoxy) is 2. The maximum Gasteiger partial charge on any atom is 0.306 e. The van der Waals surface area contributed by atoms with Crippen molar-refractivity contribution in [1.82, 2.24) is 4.98 Å². The lowest BCUT2D eigenvalue weighted by molar-refractivity contribution is -0.148. The molecule has 1 aliphatic rings. The van der Waals surface area contributed by atoms with Gasteiger partial charge in [-0.05, 0) is 36.1 Å². The van der Waals surface area contributed by atoms with Crippen molar-refractivity contribution >= 4 is 16.9 Å². The molecule has 1 unspecified atom stereocenters. The number of rotatable bonds is 8. The number of aromatic nitrogens is 1. The molecule has 6 heteroatoms. The van der Waals surface area contributed by atoms with Crippen LogP contribution in [0.3, 0.4) is 0 Å². The average molecular weight is 411 g/mol. The molecule has 2 heterocycles. The molecule has 1 atom stereocenters. The van der Waals surface area contributed by atoms with Crippen LogP contribution >= 0.6 is 0 Å². The highest BCUT2D eigenvalue weighted by molar-refractivity contribution is 5.88. The second-order valence-corrected chi connectivity index (χ2v) is 7.73. The van der Waals surface area contributed by atoms with Crippen LogP contribution in [-0.2, 0) is 39.3 Å². The monoisotopic (exact) mass is 411 g/mol. The Kier molecular flexibility index (Phi) is 5.88. The maximum atomic E-state index is 14.7. The first-order valence-corrected chi connectivity index (χ1v) is 10.3. The Labute approximate surface area is 174 Å². The number of carboxylic acids is 1. The van der Waals surface area contributed by atoms with E-state index in [1.165, 1.54) is 6.07 Å². The van der Waals surface area contributed by atoms with E-state index in [1.54, 1.807) is 6.07 Å². The largest absolute Gasteiger partial charge is 0.481 e. The number of carboxylic acid groups (broad SMARTS) is 1. The minimum absolute atomic E-state index is 0.124. The number of hydrogen-bond donors (Lipinski definition) is 2. The number of aliphatic carboxylic acids is 1. The third-order valence-electron chi connectivity index (χ3n) is 5.93. The van der Waals surface area contributed by atoms with Gasteiger partial charge >= 0.3 is 5.97 Å². The fraction of sp³-hybridized carbons (Fsp3) is 0.375. The molecule has 0 bridgehead atoms. The number of halogens is 1. The zero-order chi connectivity index (χ0) is 21.1. The Morgan fingerprint density at radius 1 is 1.27 bits per heavy atom. The Balaban J connectivity index is 1.62. The Hall–Kier alpha value is -2.70. The van der Waals surface area contributed by atoms with Crippen molar-refractivity contribution in [2.45, 2.75) is 44.8 Å². The lowest BCUT2D eigenvalue weighted by Gasteiger charge is -2.35.